The molecule has 1 aromatic heterocycles. The van der Waals surface area contributed by atoms with E-state index in [1.165, 1.54) is 6.08 Å². The van der Waals surface area contributed by atoms with Gasteiger partial charge in [-0.25, -0.2) is 9.48 Å². The summed E-state index contributed by atoms with van der Waals surface area (Å²) >= 11 is 17.5. The zero-order valence-corrected chi connectivity index (χ0v) is 25.5. The van der Waals surface area contributed by atoms with E-state index in [9.17, 15) is 4.79 Å². The number of carbonyl (C=O) groups excluding carboxylic acids is 1. The SMILES string of the molecule is C=CCOC(=O)C1=C(C)Nc2nc(SCCC)nn2C1c1cc(Br)c(OCc2ccc(Cl)cc2Cl)c(OC)c1. The van der Waals surface area contributed by atoms with Crippen molar-refractivity contribution < 1.29 is 19.0 Å². The number of aromatic nitrogens is 3. The zero-order chi connectivity index (χ0) is 28.1. The molecule has 2 heterocycles. The van der Waals surface area contributed by atoms with Crippen molar-refractivity contribution in [3.05, 3.63) is 79.9 Å². The lowest BCUT2D eigenvalue weighted by Crippen LogP contribution is -2.29. The number of benzene rings is 2. The first-order chi connectivity index (χ1) is 18.8. The van der Waals surface area contributed by atoms with Crippen molar-refractivity contribution in [1.82, 2.24) is 14.8 Å². The van der Waals surface area contributed by atoms with Crippen LogP contribution in [0.5, 0.6) is 11.5 Å². The predicted octanol–water partition coefficient (Wildman–Crippen LogP) is 7.46. The van der Waals surface area contributed by atoms with Crippen molar-refractivity contribution in [3.8, 4) is 11.5 Å². The summed E-state index contributed by atoms with van der Waals surface area (Å²) in [5.41, 5.74) is 2.51. The second-order valence-corrected chi connectivity index (χ2v) is 11.3. The first-order valence-electron chi connectivity index (χ1n) is 12.1. The van der Waals surface area contributed by atoms with E-state index in [0.29, 0.717) is 48.4 Å². The van der Waals surface area contributed by atoms with Crippen molar-refractivity contribution in [3.63, 3.8) is 0 Å². The average molecular weight is 654 g/mol. The van der Waals surface area contributed by atoms with E-state index in [2.05, 4.69) is 39.7 Å². The van der Waals surface area contributed by atoms with Crippen molar-refractivity contribution in [2.24, 2.45) is 0 Å². The van der Waals surface area contributed by atoms with E-state index in [1.807, 2.05) is 25.1 Å². The number of rotatable bonds is 11. The van der Waals surface area contributed by atoms with Gasteiger partial charge in [0.2, 0.25) is 11.1 Å². The summed E-state index contributed by atoms with van der Waals surface area (Å²) in [5, 5.41) is 9.59. The Morgan fingerprint density at radius 1 is 1.31 bits per heavy atom. The Kier molecular flexibility index (Phi) is 9.87. The Morgan fingerprint density at radius 3 is 2.79 bits per heavy atom. The van der Waals surface area contributed by atoms with Crippen molar-refractivity contribution in [1.29, 1.82) is 0 Å². The summed E-state index contributed by atoms with van der Waals surface area (Å²) < 4.78 is 19.6. The molecule has 2 aromatic carbocycles. The van der Waals surface area contributed by atoms with E-state index in [4.69, 9.17) is 42.5 Å². The molecule has 3 aromatic rings. The highest BCUT2D eigenvalue weighted by Crippen LogP contribution is 2.43. The number of methoxy groups -OCH3 is 1. The minimum absolute atomic E-state index is 0.0806. The highest BCUT2D eigenvalue weighted by Gasteiger charge is 2.36. The third kappa shape index (κ3) is 6.57. The molecule has 1 aliphatic rings. The average Bonchev–Trinajstić information content (AvgIpc) is 3.31. The Morgan fingerprint density at radius 2 is 2.10 bits per heavy atom. The quantitative estimate of drug-likeness (QED) is 0.130. The first-order valence-corrected chi connectivity index (χ1v) is 14.6. The predicted molar refractivity (Wildman–Crippen MR) is 158 cm³/mol. The van der Waals surface area contributed by atoms with Crippen LogP contribution in [0, 0.1) is 0 Å². The first kappa shape index (κ1) is 29.3. The molecule has 0 spiro atoms. The zero-order valence-electron chi connectivity index (χ0n) is 21.6. The molecule has 8 nitrogen and oxygen atoms in total. The minimum Gasteiger partial charge on any atom is -0.493 e. The van der Waals surface area contributed by atoms with Crippen LogP contribution in [0.3, 0.4) is 0 Å². The van der Waals surface area contributed by atoms with Gasteiger partial charge in [-0.05, 0) is 59.1 Å². The fourth-order valence-corrected chi connectivity index (χ4v) is 5.72. The van der Waals surface area contributed by atoms with Crippen LogP contribution in [0.2, 0.25) is 10.0 Å². The lowest BCUT2D eigenvalue weighted by atomic mass is 9.95. The van der Waals surface area contributed by atoms with Gasteiger partial charge in [0.15, 0.2) is 11.5 Å². The van der Waals surface area contributed by atoms with E-state index in [0.717, 1.165) is 23.3 Å². The van der Waals surface area contributed by atoms with Crippen LogP contribution in [-0.2, 0) is 16.1 Å². The van der Waals surface area contributed by atoms with E-state index < -0.39 is 12.0 Å². The van der Waals surface area contributed by atoms with Crippen LogP contribution < -0.4 is 14.8 Å². The number of esters is 1. The third-order valence-electron chi connectivity index (χ3n) is 5.78. The molecule has 0 amide bonds. The van der Waals surface area contributed by atoms with Crippen LogP contribution >= 0.6 is 50.9 Å². The van der Waals surface area contributed by atoms with Crippen LogP contribution in [0.4, 0.5) is 5.95 Å². The number of hydrogen-bond donors (Lipinski definition) is 1. The fraction of sp³-hybridized carbons (Fsp3) is 0.296. The number of ether oxygens (including phenoxy) is 3. The number of anilines is 1. The standard InChI is InChI=1S/C27H27BrCl2N4O4S/c1-5-9-37-25(35)22-15(3)31-26-32-27(39-10-6-2)33-34(26)23(22)17-11-19(28)24(21(12-17)36-4)38-14-16-7-8-18(29)13-20(16)30/h5,7-8,11-13,23H,1,6,9-10,14H2,2-4H3,(H,31,32,33). The minimum atomic E-state index is -0.632. The maximum absolute atomic E-state index is 13.2. The molecule has 0 bridgehead atoms. The van der Waals surface area contributed by atoms with Crippen LogP contribution in [0.25, 0.3) is 0 Å². The Balaban J connectivity index is 1.75. The molecule has 0 radical (unpaired) electrons. The van der Waals surface area contributed by atoms with Crippen LogP contribution in [0.15, 0.2) is 63.9 Å². The molecule has 0 saturated carbocycles. The summed E-state index contributed by atoms with van der Waals surface area (Å²) in [7, 11) is 1.55. The number of thioether (sulfide) groups is 1. The van der Waals surface area contributed by atoms with Gasteiger partial charge < -0.3 is 19.5 Å². The summed E-state index contributed by atoms with van der Waals surface area (Å²) in [4.78, 5) is 17.9. The van der Waals surface area contributed by atoms with Gasteiger partial charge in [-0.1, -0.05) is 60.6 Å². The lowest BCUT2D eigenvalue weighted by Gasteiger charge is -2.28. The number of allylic oxidation sites excluding steroid dienone is 1. The van der Waals surface area contributed by atoms with E-state index >= 15 is 0 Å². The number of halogens is 3. The number of hydrogen-bond acceptors (Lipinski definition) is 8. The number of nitrogens with zero attached hydrogens (tertiary/aromatic N) is 3. The summed E-state index contributed by atoms with van der Waals surface area (Å²) in [6, 6.07) is 8.28. The second-order valence-electron chi connectivity index (χ2n) is 8.52. The smallest absolute Gasteiger partial charge is 0.338 e. The van der Waals surface area contributed by atoms with Gasteiger partial charge in [0.25, 0.3) is 0 Å². The molecular formula is C27H27BrCl2N4O4S. The van der Waals surface area contributed by atoms with Crippen molar-refractivity contribution >= 4 is 62.8 Å². The van der Waals surface area contributed by atoms with Gasteiger partial charge in [0.05, 0.1) is 17.2 Å². The van der Waals surface area contributed by atoms with Crippen LogP contribution in [0.1, 0.15) is 37.4 Å². The molecule has 0 fully saturated rings. The van der Waals surface area contributed by atoms with Crippen molar-refractivity contribution in [2.45, 2.75) is 38.1 Å². The van der Waals surface area contributed by atoms with Gasteiger partial charge in [-0.15, -0.1) is 5.10 Å². The Bertz CT molecular complexity index is 1430. The molecule has 1 atom stereocenters. The summed E-state index contributed by atoms with van der Waals surface area (Å²) in [6.45, 7) is 7.83. The summed E-state index contributed by atoms with van der Waals surface area (Å²) in [5.74, 6) is 1.86. The van der Waals surface area contributed by atoms with Gasteiger partial charge >= 0.3 is 5.97 Å². The largest absolute Gasteiger partial charge is 0.493 e. The van der Waals surface area contributed by atoms with Gasteiger partial charge in [-0.3, -0.25) is 0 Å². The van der Waals surface area contributed by atoms with Crippen LogP contribution in [-0.4, -0.2) is 40.2 Å². The molecule has 0 saturated heterocycles. The molecule has 39 heavy (non-hydrogen) atoms. The lowest BCUT2D eigenvalue weighted by molar-refractivity contribution is -0.138. The Labute approximate surface area is 249 Å². The van der Waals surface area contributed by atoms with Gasteiger partial charge in [-0.2, -0.15) is 4.98 Å². The summed E-state index contributed by atoms with van der Waals surface area (Å²) in [6.07, 6.45) is 2.51. The van der Waals surface area contributed by atoms with Gasteiger partial charge in [0.1, 0.15) is 19.3 Å². The number of fused-ring (bicyclic) bond motifs is 1. The van der Waals surface area contributed by atoms with E-state index in [-0.39, 0.29) is 13.2 Å². The van der Waals surface area contributed by atoms with Crippen molar-refractivity contribution in [2.75, 3.05) is 24.8 Å². The molecule has 206 valence electrons. The normalized spacial score (nSPS) is 14.5. The maximum Gasteiger partial charge on any atom is 0.338 e. The molecule has 1 aliphatic heterocycles. The molecular weight excluding hydrogens is 627 g/mol. The monoisotopic (exact) mass is 652 g/mol. The number of carbonyl (C=O) groups is 1. The molecule has 1 unspecified atom stereocenters. The van der Waals surface area contributed by atoms with E-state index in [1.54, 1.807) is 35.7 Å². The maximum atomic E-state index is 13.2. The second kappa shape index (κ2) is 13.1. The molecule has 12 heteroatoms. The van der Waals surface area contributed by atoms with Gasteiger partial charge in [0, 0.05) is 27.1 Å². The topological polar surface area (TPSA) is 87.5 Å². The number of nitrogens with one attached hydrogen (secondary N) is 1. The highest BCUT2D eigenvalue weighted by atomic mass is 79.9. The molecule has 0 aliphatic carbocycles. The Hall–Kier alpha value is -2.66. The molecule has 1 N–H and O–H groups in total. The molecule has 4 rings (SSSR count). The third-order valence-corrected chi connectivity index (χ3v) is 7.99. The highest BCUT2D eigenvalue weighted by molar-refractivity contribution is 9.10. The fourth-order valence-electron chi connectivity index (χ4n) is 4.00.